The first-order valence-electron chi connectivity index (χ1n) is 18.0. The Morgan fingerprint density at radius 1 is 0.909 bits per heavy atom. The molecule has 6 heteroatoms. The highest BCUT2D eigenvalue weighted by Crippen LogP contribution is 2.60. The van der Waals surface area contributed by atoms with E-state index in [0.29, 0.717) is 29.6 Å². The van der Waals surface area contributed by atoms with Crippen LogP contribution in [0.5, 0.6) is 0 Å². The summed E-state index contributed by atoms with van der Waals surface area (Å²) in [4.78, 5) is 12.3. The molecule has 3 saturated carbocycles. The fourth-order valence-corrected chi connectivity index (χ4v) is 10.7. The van der Waals surface area contributed by atoms with Crippen LogP contribution in [0.2, 0.25) is 36.3 Å². The Labute approximate surface area is 274 Å². The molecule has 0 heterocycles. The maximum Gasteiger partial charge on any atom is 0.306 e. The Morgan fingerprint density at radius 2 is 1.45 bits per heavy atom. The average molecular weight is 647 g/mol. The van der Waals surface area contributed by atoms with Gasteiger partial charge in [-0.25, -0.2) is 0 Å². The minimum Gasteiger partial charge on any atom is -0.463 e. The Bertz CT molecular complexity index is 1010. The van der Waals surface area contributed by atoms with Crippen molar-refractivity contribution in [3.05, 3.63) is 23.3 Å². The molecule has 6 atom stereocenters. The number of carbonyl (C=O) groups excluding carboxylic acids is 1. The molecule has 0 aromatic heterocycles. The molecule has 3 rings (SSSR count). The second-order valence-electron chi connectivity index (χ2n) is 18.4. The summed E-state index contributed by atoms with van der Waals surface area (Å²) in [5.41, 5.74) is 3.50. The van der Waals surface area contributed by atoms with Crippen LogP contribution in [0.4, 0.5) is 0 Å². The number of carbonyl (C=O) groups is 1. The van der Waals surface area contributed by atoms with E-state index in [-0.39, 0.29) is 34.4 Å². The zero-order valence-electron chi connectivity index (χ0n) is 31.3. The summed E-state index contributed by atoms with van der Waals surface area (Å²) in [6, 6.07) is 0. The standard InChI is InChI=1S/C38H70O4Si2/c1-27(2)40-35(39)22-17-28(3)33-20-21-34-30(16-15-23-38(33,34)10)19-18-29-24-31(41-43(11,12)36(4,5)6)26-32(25-29)42-44(13,14)37(7,8)9/h18-19,27-28,31-34H,15-17,20-26H2,1-14H3/t28-,31-,32-,33-,34+,38-/m1/s1. The molecule has 254 valence electrons. The zero-order valence-corrected chi connectivity index (χ0v) is 33.3. The molecule has 0 bridgehead atoms. The van der Waals surface area contributed by atoms with Crippen molar-refractivity contribution in [1.82, 2.24) is 0 Å². The van der Waals surface area contributed by atoms with Crippen molar-refractivity contribution in [1.29, 1.82) is 0 Å². The number of hydrogen-bond donors (Lipinski definition) is 0. The highest BCUT2D eigenvalue weighted by Gasteiger charge is 2.50. The second-order valence-corrected chi connectivity index (χ2v) is 27.9. The van der Waals surface area contributed by atoms with E-state index in [2.05, 4.69) is 93.7 Å². The van der Waals surface area contributed by atoms with Gasteiger partial charge in [-0.05, 0) is 131 Å². The normalized spacial score (nSPS) is 30.4. The first-order chi connectivity index (χ1) is 20.1. The molecule has 0 N–H and O–H groups in total. The predicted octanol–water partition coefficient (Wildman–Crippen LogP) is 11.4. The summed E-state index contributed by atoms with van der Waals surface area (Å²) in [6.45, 7) is 32.5. The van der Waals surface area contributed by atoms with Crippen molar-refractivity contribution in [2.24, 2.45) is 23.2 Å². The fourth-order valence-electron chi connectivity index (χ4n) is 7.94. The molecule has 0 spiro atoms. The van der Waals surface area contributed by atoms with Gasteiger partial charge in [0.2, 0.25) is 0 Å². The van der Waals surface area contributed by atoms with Gasteiger partial charge in [-0.15, -0.1) is 0 Å². The first kappa shape index (κ1) is 37.8. The van der Waals surface area contributed by atoms with E-state index in [1.165, 1.54) is 37.7 Å². The maximum atomic E-state index is 12.3. The fraction of sp³-hybridized carbons (Fsp3) is 0.868. The van der Waals surface area contributed by atoms with Gasteiger partial charge in [-0.3, -0.25) is 4.79 Å². The lowest BCUT2D eigenvalue weighted by molar-refractivity contribution is -0.147. The third-order valence-electron chi connectivity index (χ3n) is 12.5. The molecular weight excluding hydrogens is 577 g/mol. The van der Waals surface area contributed by atoms with Gasteiger partial charge in [0.1, 0.15) is 0 Å². The highest BCUT2D eigenvalue weighted by molar-refractivity contribution is 6.74. The smallest absolute Gasteiger partial charge is 0.306 e. The Hall–Kier alpha value is -0.696. The van der Waals surface area contributed by atoms with Gasteiger partial charge in [0.05, 0.1) is 18.3 Å². The molecule has 0 aliphatic heterocycles. The van der Waals surface area contributed by atoms with Crippen LogP contribution in [0.15, 0.2) is 23.3 Å². The number of ether oxygens (including phenoxy) is 1. The van der Waals surface area contributed by atoms with E-state index in [0.717, 1.165) is 25.7 Å². The van der Waals surface area contributed by atoms with E-state index in [4.69, 9.17) is 13.6 Å². The lowest BCUT2D eigenvalue weighted by atomic mass is 9.60. The van der Waals surface area contributed by atoms with Crippen LogP contribution >= 0.6 is 0 Å². The van der Waals surface area contributed by atoms with Gasteiger partial charge < -0.3 is 13.6 Å². The van der Waals surface area contributed by atoms with Crippen molar-refractivity contribution in [3.8, 4) is 0 Å². The Morgan fingerprint density at radius 3 is 1.95 bits per heavy atom. The van der Waals surface area contributed by atoms with E-state index >= 15 is 0 Å². The summed E-state index contributed by atoms with van der Waals surface area (Å²) >= 11 is 0. The van der Waals surface area contributed by atoms with Crippen molar-refractivity contribution in [2.45, 2.75) is 188 Å². The number of hydrogen-bond acceptors (Lipinski definition) is 4. The van der Waals surface area contributed by atoms with E-state index in [1.54, 1.807) is 5.57 Å². The van der Waals surface area contributed by atoms with Gasteiger partial charge >= 0.3 is 5.97 Å². The van der Waals surface area contributed by atoms with Crippen LogP contribution in [-0.4, -0.2) is 40.9 Å². The van der Waals surface area contributed by atoms with Crippen LogP contribution in [0.1, 0.15) is 133 Å². The molecular formula is C38H70O4Si2. The molecule has 3 aliphatic rings. The molecule has 0 aromatic rings. The van der Waals surface area contributed by atoms with Gasteiger partial charge in [0.15, 0.2) is 16.6 Å². The number of fused-ring (bicyclic) bond motifs is 1. The summed E-state index contributed by atoms with van der Waals surface area (Å²) < 4.78 is 19.6. The monoisotopic (exact) mass is 646 g/mol. The molecule has 44 heavy (non-hydrogen) atoms. The molecule has 3 fully saturated rings. The average Bonchev–Trinajstić information content (AvgIpc) is 3.21. The van der Waals surface area contributed by atoms with Gasteiger partial charge in [0.25, 0.3) is 0 Å². The molecule has 0 unspecified atom stereocenters. The van der Waals surface area contributed by atoms with Crippen LogP contribution in [-0.2, 0) is 18.4 Å². The van der Waals surface area contributed by atoms with Crippen molar-refractivity contribution < 1.29 is 18.4 Å². The van der Waals surface area contributed by atoms with Gasteiger partial charge in [-0.1, -0.05) is 78.7 Å². The molecule has 4 nitrogen and oxygen atoms in total. The largest absolute Gasteiger partial charge is 0.463 e. The highest BCUT2D eigenvalue weighted by atomic mass is 28.4. The molecule has 0 amide bonds. The quantitative estimate of drug-likeness (QED) is 0.175. The van der Waals surface area contributed by atoms with E-state index in [9.17, 15) is 4.79 Å². The van der Waals surface area contributed by atoms with Gasteiger partial charge in [-0.2, -0.15) is 0 Å². The topological polar surface area (TPSA) is 44.8 Å². The Kier molecular flexibility index (Phi) is 12.2. The van der Waals surface area contributed by atoms with Crippen molar-refractivity contribution in [2.75, 3.05) is 0 Å². The van der Waals surface area contributed by atoms with Crippen LogP contribution in [0, 0.1) is 23.2 Å². The minimum absolute atomic E-state index is 0.0293. The Balaban J connectivity index is 1.80. The van der Waals surface area contributed by atoms with Crippen LogP contribution < -0.4 is 0 Å². The summed E-state index contributed by atoms with van der Waals surface area (Å²) in [6.07, 6.45) is 16.4. The van der Waals surface area contributed by atoms with E-state index in [1.807, 2.05) is 13.8 Å². The minimum atomic E-state index is -1.89. The predicted molar refractivity (Wildman–Crippen MR) is 192 cm³/mol. The summed E-state index contributed by atoms with van der Waals surface area (Å²) in [7, 11) is -3.77. The van der Waals surface area contributed by atoms with Crippen LogP contribution in [0.3, 0.4) is 0 Å². The number of rotatable bonds is 10. The second kappa shape index (κ2) is 14.2. The SMILES string of the molecule is CC(C)OC(=O)CC[C@@H](C)[C@H]1CC[C@H]2C(=CC=C3C[C@@H](O[Si](C)(C)C(C)(C)C)C[C@H](O[Si](C)(C)C(C)(C)C)C3)CCC[C@]12C. The van der Waals surface area contributed by atoms with Gasteiger partial charge in [0, 0.05) is 6.42 Å². The lowest BCUT2D eigenvalue weighted by Gasteiger charge is -2.45. The first-order valence-corrected chi connectivity index (χ1v) is 23.8. The summed E-state index contributed by atoms with van der Waals surface area (Å²) in [5.74, 6) is 1.84. The third-order valence-corrected chi connectivity index (χ3v) is 21.5. The zero-order chi connectivity index (χ0) is 33.3. The number of allylic oxidation sites excluding steroid dienone is 3. The van der Waals surface area contributed by atoms with Crippen LogP contribution in [0.25, 0.3) is 0 Å². The molecule has 0 radical (unpaired) electrons. The van der Waals surface area contributed by atoms with E-state index < -0.39 is 16.6 Å². The lowest BCUT2D eigenvalue weighted by Crippen LogP contribution is -2.48. The molecule has 3 aliphatic carbocycles. The molecule has 0 aromatic carbocycles. The maximum absolute atomic E-state index is 12.3. The number of esters is 1. The van der Waals surface area contributed by atoms with Crippen molar-refractivity contribution in [3.63, 3.8) is 0 Å². The van der Waals surface area contributed by atoms with Crippen molar-refractivity contribution >= 4 is 22.6 Å². The third kappa shape index (κ3) is 9.22. The summed E-state index contributed by atoms with van der Waals surface area (Å²) in [5, 5.41) is 0.396. The molecule has 0 saturated heterocycles.